The number of amides is 1. The Morgan fingerprint density at radius 2 is 2.24 bits per heavy atom. The molecule has 0 bridgehead atoms. The molecule has 0 spiro atoms. The lowest BCUT2D eigenvalue weighted by Gasteiger charge is -2.11. The van der Waals surface area contributed by atoms with Gasteiger partial charge in [0.2, 0.25) is 5.91 Å². The van der Waals surface area contributed by atoms with E-state index in [4.69, 9.17) is 10.5 Å². The summed E-state index contributed by atoms with van der Waals surface area (Å²) in [6, 6.07) is 0. The van der Waals surface area contributed by atoms with Crippen molar-refractivity contribution in [2.45, 2.75) is 39.0 Å². The molecule has 1 saturated carbocycles. The predicted molar refractivity (Wildman–Crippen MR) is 68.6 cm³/mol. The van der Waals surface area contributed by atoms with E-state index in [1.165, 1.54) is 12.8 Å². The molecule has 1 aliphatic rings. The van der Waals surface area contributed by atoms with Crippen molar-refractivity contribution in [3.8, 4) is 0 Å². The number of rotatable bonds is 10. The largest absolute Gasteiger partial charge is 0.381 e. The number of hydrogen-bond donors (Lipinski definition) is 2. The van der Waals surface area contributed by atoms with Gasteiger partial charge >= 0.3 is 0 Å². The Bertz CT molecular complexity index is 217. The number of carbonyl (C=O) groups excluding carboxylic acids is 1. The molecule has 0 aromatic heterocycles. The lowest BCUT2D eigenvalue weighted by molar-refractivity contribution is -0.124. The van der Waals surface area contributed by atoms with E-state index in [-0.39, 0.29) is 11.8 Å². The Balaban J connectivity index is 1.87. The Kier molecular flexibility index (Phi) is 7.21. The molecule has 4 heteroatoms. The maximum absolute atomic E-state index is 11.6. The van der Waals surface area contributed by atoms with E-state index in [0.717, 1.165) is 44.9 Å². The zero-order valence-electron chi connectivity index (χ0n) is 10.9. The summed E-state index contributed by atoms with van der Waals surface area (Å²) in [6.45, 7) is 4.99. The van der Waals surface area contributed by atoms with Crippen LogP contribution in [0.1, 0.15) is 39.0 Å². The summed E-state index contributed by atoms with van der Waals surface area (Å²) >= 11 is 0. The van der Waals surface area contributed by atoms with Crippen LogP contribution in [0.5, 0.6) is 0 Å². The van der Waals surface area contributed by atoms with Crippen LogP contribution in [0.15, 0.2) is 0 Å². The van der Waals surface area contributed by atoms with Crippen LogP contribution in [0.3, 0.4) is 0 Å². The van der Waals surface area contributed by atoms with Crippen LogP contribution in [-0.2, 0) is 9.53 Å². The molecule has 17 heavy (non-hydrogen) atoms. The van der Waals surface area contributed by atoms with Gasteiger partial charge in [-0.15, -0.1) is 0 Å². The van der Waals surface area contributed by atoms with Gasteiger partial charge < -0.3 is 15.8 Å². The Morgan fingerprint density at radius 3 is 2.88 bits per heavy atom. The van der Waals surface area contributed by atoms with Crippen LogP contribution in [0.25, 0.3) is 0 Å². The van der Waals surface area contributed by atoms with E-state index in [1.807, 2.05) is 6.92 Å². The second-order valence-corrected chi connectivity index (χ2v) is 4.99. The number of ether oxygens (including phenoxy) is 1. The van der Waals surface area contributed by atoms with Gasteiger partial charge in [0.05, 0.1) is 0 Å². The summed E-state index contributed by atoms with van der Waals surface area (Å²) in [5, 5.41) is 2.94. The van der Waals surface area contributed by atoms with E-state index >= 15 is 0 Å². The first-order chi connectivity index (χ1) is 8.24. The molecule has 0 heterocycles. The van der Waals surface area contributed by atoms with Crippen molar-refractivity contribution in [2.24, 2.45) is 17.6 Å². The van der Waals surface area contributed by atoms with Crippen LogP contribution < -0.4 is 11.1 Å². The second-order valence-electron chi connectivity index (χ2n) is 4.99. The third-order valence-corrected chi connectivity index (χ3v) is 3.10. The van der Waals surface area contributed by atoms with E-state index in [1.54, 1.807) is 0 Å². The van der Waals surface area contributed by atoms with Crippen molar-refractivity contribution in [1.29, 1.82) is 0 Å². The van der Waals surface area contributed by atoms with Crippen LogP contribution in [-0.4, -0.2) is 32.2 Å². The van der Waals surface area contributed by atoms with Crippen LogP contribution >= 0.6 is 0 Å². The minimum atomic E-state index is 0.0749. The molecule has 1 amide bonds. The molecule has 1 unspecified atom stereocenters. The second kappa shape index (κ2) is 8.48. The van der Waals surface area contributed by atoms with Crippen molar-refractivity contribution in [3.05, 3.63) is 0 Å². The summed E-state index contributed by atoms with van der Waals surface area (Å²) in [7, 11) is 0. The Labute approximate surface area is 104 Å². The molecule has 0 radical (unpaired) electrons. The van der Waals surface area contributed by atoms with Crippen molar-refractivity contribution in [2.75, 3.05) is 26.3 Å². The van der Waals surface area contributed by atoms with E-state index < -0.39 is 0 Å². The summed E-state index contributed by atoms with van der Waals surface area (Å²) < 4.78 is 5.50. The average molecular weight is 242 g/mol. The van der Waals surface area contributed by atoms with Crippen molar-refractivity contribution in [1.82, 2.24) is 5.32 Å². The Morgan fingerprint density at radius 1 is 1.47 bits per heavy atom. The third kappa shape index (κ3) is 7.34. The molecule has 100 valence electrons. The standard InChI is InChI=1S/C13H26N2O2/c1-11(4-2-7-14)13(16)15-8-3-9-17-10-12-5-6-12/h11-12H,2-10,14H2,1H3,(H,15,16). The molecule has 0 aromatic carbocycles. The van der Waals surface area contributed by atoms with Gasteiger partial charge in [-0.25, -0.2) is 0 Å². The molecule has 1 atom stereocenters. The van der Waals surface area contributed by atoms with Crippen LogP contribution in [0, 0.1) is 11.8 Å². The molecule has 4 nitrogen and oxygen atoms in total. The predicted octanol–water partition coefficient (Wildman–Crippen LogP) is 1.29. The molecule has 3 N–H and O–H groups in total. The highest BCUT2D eigenvalue weighted by atomic mass is 16.5. The van der Waals surface area contributed by atoms with E-state index in [0.29, 0.717) is 6.54 Å². The SMILES string of the molecule is CC(CCCN)C(=O)NCCCOCC1CC1. The highest BCUT2D eigenvalue weighted by Gasteiger charge is 2.20. The first-order valence-electron chi connectivity index (χ1n) is 6.79. The molecule has 0 aliphatic heterocycles. The van der Waals surface area contributed by atoms with Crippen molar-refractivity contribution >= 4 is 5.91 Å². The molecular formula is C13H26N2O2. The molecule has 1 rings (SSSR count). The molecular weight excluding hydrogens is 216 g/mol. The van der Waals surface area contributed by atoms with Gasteiger partial charge in [-0.3, -0.25) is 4.79 Å². The van der Waals surface area contributed by atoms with Gasteiger partial charge in [-0.1, -0.05) is 6.92 Å². The fourth-order valence-corrected chi connectivity index (χ4v) is 1.65. The maximum Gasteiger partial charge on any atom is 0.222 e. The maximum atomic E-state index is 11.6. The monoisotopic (exact) mass is 242 g/mol. The lowest BCUT2D eigenvalue weighted by Crippen LogP contribution is -2.30. The minimum Gasteiger partial charge on any atom is -0.381 e. The van der Waals surface area contributed by atoms with Gasteiger partial charge in [-0.05, 0) is 44.6 Å². The van der Waals surface area contributed by atoms with Gasteiger partial charge in [0.15, 0.2) is 0 Å². The highest BCUT2D eigenvalue weighted by Crippen LogP contribution is 2.28. The smallest absolute Gasteiger partial charge is 0.222 e. The molecule has 1 aliphatic carbocycles. The van der Waals surface area contributed by atoms with Crippen molar-refractivity contribution < 1.29 is 9.53 Å². The van der Waals surface area contributed by atoms with Crippen molar-refractivity contribution in [3.63, 3.8) is 0 Å². The van der Waals surface area contributed by atoms with Gasteiger partial charge in [0, 0.05) is 25.7 Å². The molecule has 0 saturated heterocycles. The lowest BCUT2D eigenvalue weighted by atomic mass is 10.1. The third-order valence-electron chi connectivity index (χ3n) is 3.10. The number of carbonyl (C=O) groups is 1. The number of hydrogen-bond acceptors (Lipinski definition) is 3. The quantitative estimate of drug-likeness (QED) is 0.567. The highest BCUT2D eigenvalue weighted by molar-refractivity contribution is 5.78. The van der Waals surface area contributed by atoms with E-state index in [9.17, 15) is 4.79 Å². The summed E-state index contributed by atoms with van der Waals surface area (Å²) in [4.78, 5) is 11.6. The van der Waals surface area contributed by atoms with E-state index in [2.05, 4.69) is 5.32 Å². The van der Waals surface area contributed by atoms with Gasteiger partial charge in [-0.2, -0.15) is 0 Å². The van der Waals surface area contributed by atoms with Crippen LogP contribution in [0.4, 0.5) is 0 Å². The average Bonchev–Trinajstić information content (AvgIpc) is 3.14. The van der Waals surface area contributed by atoms with Gasteiger partial charge in [0.1, 0.15) is 0 Å². The number of nitrogens with two attached hydrogens (primary N) is 1. The minimum absolute atomic E-state index is 0.0749. The zero-order valence-corrected chi connectivity index (χ0v) is 10.9. The molecule has 0 aromatic rings. The van der Waals surface area contributed by atoms with Crippen LogP contribution in [0.2, 0.25) is 0 Å². The topological polar surface area (TPSA) is 64.4 Å². The normalized spacial score (nSPS) is 16.8. The summed E-state index contributed by atoms with van der Waals surface area (Å²) in [6.07, 6.45) is 5.35. The Hall–Kier alpha value is -0.610. The first-order valence-corrected chi connectivity index (χ1v) is 6.79. The molecule has 1 fully saturated rings. The summed E-state index contributed by atoms with van der Waals surface area (Å²) in [5.74, 6) is 1.03. The first kappa shape index (κ1) is 14.5. The zero-order chi connectivity index (χ0) is 12.5. The number of nitrogens with one attached hydrogen (secondary N) is 1. The van der Waals surface area contributed by atoms with Gasteiger partial charge in [0.25, 0.3) is 0 Å². The fraction of sp³-hybridized carbons (Fsp3) is 0.923. The summed E-state index contributed by atoms with van der Waals surface area (Å²) in [5.41, 5.74) is 5.41. The fourth-order valence-electron chi connectivity index (χ4n) is 1.65.